The molecule has 2 heterocycles. The van der Waals surface area contributed by atoms with Crippen LogP contribution in [0.15, 0.2) is 24.3 Å². The van der Waals surface area contributed by atoms with Gasteiger partial charge in [0.15, 0.2) is 0 Å². The van der Waals surface area contributed by atoms with Gasteiger partial charge in [-0.3, -0.25) is 14.4 Å². The molecule has 3 amide bonds. The summed E-state index contributed by atoms with van der Waals surface area (Å²) in [4.78, 5) is 42.9. The van der Waals surface area contributed by atoms with Crippen LogP contribution < -0.4 is 4.90 Å². The predicted molar refractivity (Wildman–Crippen MR) is 95.4 cm³/mol. The minimum atomic E-state index is -0.230. The lowest BCUT2D eigenvalue weighted by molar-refractivity contribution is -0.136. The maximum Gasteiger partial charge on any atom is 0.256 e. The largest absolute Gasteiger partial charge is 0.336 e. The number of hydrogen-bond acceptors (Lipinski definition) is 3. The molecule has 1 aromatic carbocycles. The third-order valence-corrected chi connectivity index (χ3v) is 5.22. The second-order valence-corrected chi connectivity index (χ2v) is 7.09. The van der Waals surface area contributed by atoms with Crippen LogP contribution in [0.2, 0.25) is 0 Å². The molecule has 0 aliphatic carbocycles. The van der Waals surface area contributed by atoms with Gasteiger partial charge in [0.2, 0.25) is 11.8 Å². The monoisotopic (exact) mass is 343 g/mol. The number of para-hydroxylation sites is 1. The van der Waals surface area contributed by atoms with E-state index in [1.165, 1.54) is 9.80 Å². The molecule has 1 saturated heterocycles. The first kappa shape index (κ1) is 17.5. The van der Waals surface area contributed by atoms with Crippen LogP contribution in [0.4, 0.5) is 5.69 Å². The number of carbonyl (C=O) groups is 3. The lowest BCUT2D eigenvalue weighted by Gasteiger charge is -2.40. The zero-order valence-electron chi connectivity index (χ0n) is 15.1. The molecule has 2 aliphatic heterocycles. The van der Waals surface area contributed by atoms with Crippen molar-refractivity contribution in [2.75, 3.05) is 25.0 Å². The maximum atomic E-state index is 13.0. The highest BCUT2D eigenvalue weighted by Gasteiger charge is 2.34. The van der Waals surface area contributed by atoms with Gasteiger partial charge in [0, 0.05) is 19.1 Å². The number of likely N-dealkylation sites (N-methyl/N-ethyl adjacent to an activating group) is 1. The summed E-state index contributed by atoms with van der Waals surface area (Å²) >= 11 is 0. The number of likely N-dealkylation sites (tertiary alicyclic amines) is 1. The zero-order valence-corrected chi connectivity index (χ0v) is 15.1. The Balaban J connectivity index is 1.90. The number of amides is 3. The number of carbonyl (C=O) groups excluding carboxylic acids is 3. The van der Waals surface area contributed by atoms with Crippen molar-refractivity contribution in [3.05, 3.63) is 29.8 Å². The van der Waals surface area contributed by atoms with Gasteiger partial charge in [-0.2, -0.15) is 0 Å². The summed E-state index contributed by atoms with van der Waals surface area (Å²) in [6, 6.07) is 7.36. The average Bonchev–Trinajstić information content (AvgIpc) is 2.66. The summed E-state index contributed by atoms with van der Waals surface area (Å²) in [7, 11) is 1.61. The Morgan fingerprint density at radius 1 is 1.12 bits per heavy atom. The summed E-state index contributed by atoms with van der Waals surface area (Å²) in [6.07, 6.45) is 3.10. The van der Waals surface area contributed by atoms with E-state index in [2.05, 4.69) is 13.8 Å². The molecule has 6 heteroatoms. The summed E-state index contributed by atoms with van der Waals surface area (Å²) in [5, 5.41) is 0. The molecule has 6 nitrogen and oxygen atoms in total. The van der Waals surface area contributed by atoms with Crippen LogP contribution in [0.3, 0.4) is 0 Å². The smallest absolute Gasteiger partial charge is 0.256 e. The zero-order chi connectivity index (χ0) is 18.1. The van der Waals surface area contributed by atoms with Gasteiger partial charge >= 0.3 is 0 Å². The van der Waals surface area contributed by atoms with Gasteiger partial charge < -0.3 is 14.7 Å². The Morgan fingerprint density at radius 3 is 2.44 bits per heavy atom. The molecule has 0 spiro atoms. The second-order valence-electron chi connectivity index (χ2n) is 7.09. The maximum absolute atomic E-state index is 13.0. The minimum Gasteiger partial charge on any atom is -0.336 e. The normalized spacial score (nSPS) is 24.2. The van der Waals surface area contributed by atoms with Gasteiger partial charge in [0.05, 0.1) is 11.3 Å². The van der Waals surface area contributed by atoms with Crippen LogP contribution in [-0.2, 0) is 9.59 Å². The number of anilines is 1. The highest BCUT2D eigenvalue weighted by atomic mass is 16.2. The number of fused-ring (bicyclic) bond motifs is 1. The van der Waals surface area contributed by atoms with Crippen molar-refractivity contribution < 1.29 is 14.4 Å². The Labute approximate surface area is 148 Å². The van der Waals surface area contributed by atoms with Crippen LogP contribution in [0.25, 0.3) is 0 Å². The van der Waals surface area contributed by atoms with Crippen molar-refractivity contribution in [2.45, 2.75) is 45.2 Å². The van der Waals surface area contributed by atoms with Gasteiger partial charge in [-0.15, -0.1) is 0 Å². The lowest BCUT2D eigenvalue weighted by Crippen LogP contribution is -2.52. The SMILES string of the molecule is C[C@@H]1CCC[C@@H](C)N1C(=O)CN1C(=O)CN(C)C(=O)c2ccccc21. The Hall–Kier alpha value is -2.37. The van der Waals surface area contributed by atoms with Crippen molar-refractivity contribution in [1.82, 2.24) is 9.80 Å². The van der Waals surface area contributed by atoms with Crippen molar-refractivity contribution in [2.24, 2.45) is 0 Å². The van der Waals surface area contributed by atoms with Crippen molar-refractivity contribution in [1.29, 1.82) is 0 Å². The molecule has 1 fully saturated rings. The Morgan fingerprint density at radius 2 is 1.76 bits per heavy atom. The van der Waals surface area contributed by atoms with Gasteiger partial charge in [-0.05, 0) is 45.2 Å². The van der Waals surface area contributed by atoms with Gasteiger partial charge in [-0.1, -0.05) is 12.1 Å². The summed E-state index contributed by atoms with van der Waals surface area (Å²) in [6.45, 7) is 4.07. The lowest BCUT2D eigenvalue weighted by atomic mass is 9.97. The summed E-state index contributed by atoms with van der Waals surface area (Å²) in [5.41, 5.74) is 0.982. The molecular weight excluding hydrogens is 318 g/mol. The fourth-order valence-corrected chi connectivity index (χ4v) is 3.89. The van der Waals surface area contributed by atoms with Crippen LogP contribution in [0.5, 0.6) is 0 Å². The molecule has 1 aromatic rings. The quantitative estimate of drug-likeness (QED) is 0.824. The molecule has 0 saturated carbocycles. The molecular formula is C19H25N3O3. The average molecular weight is 343 g/mol. The molecule has 134 valence electrons. The molecule has 0 aromatic heterocycles. The van der Waals surface area contributed by atoms with Gasteiger partial charge in [0.1, 0.15) is 13.1 Å². The van der Waals surface area contributed by atoms with Crippen LogP contribution >= 0.6 is 0 Å². The number of benzene rings is 1. The minimum absolute atomic E-state index is 0.0219. The second kappa shape index (κ2) is 6.86. The van der Waals surface area contributed by atoms with E-state index in [1.807, 2.05) is 4.90 Å². The Kier molecular flexibility index (Phi) is 4.79. The topological polar surface area (TPSA) is 60.9 Å². The molecule has 0 unspecified atom stereocenters. The predicted octanol–water partition coefficient (Wildman–Crippen LogP) is 1.89. The van der Waals surface area contributed by atoms with Crippen molar-refractivity contribution in [3.8, 4) is 0 Å². The van der Waals surface area contributed by atoms with Gasteiger partial charge in [0.25, 0.3) is 5.91 Å². The fraction of sp³-hybridized carbons (Fsp3) is 0.526. The molecule has 2 atom stereocenters. The first-order chi connectivity index (χ1) is 11.9. The standard InChI is InChI=1S/C19H25N3O3/c1-13-7-6-8-14(2)22(13)18(24)12-21-16-10-5-4-9-15(16)19(25)20(3)11-17(21)23/h4-5,9-10,13-14H,6-8,11-12H2,1-3H3/t13-,14-/m1/s1. The van der Waals surface area contributed by atoms with E-state index in [0.717, 1.165) is 19.3 Å². The first-order valence-corrected chi connectivity index (χ1v) is 8.86. The number of piperidine rings is 1. The number of rotatable bonds is 2. The van der Waals surface area contributed by atoms with E-state index < -0.39 is 0 Å². The van der Waals surface area contributed by atoms with Gasteiger partial charge in [-0.25, -0.2) is 0 Å². The summed E-state index contributed by atoms with van der Waals surface area (Å²) in [5.74, 6) is -0.482. The van der Waals surface area contributed by atoms with Crippen LogP contribution in [0.1, 0.15) is 43.5 Å². The highest BCUT2D eigenvalue weighted by molar-refractivity contribution is 6.11. The van der Waals surface area contributed by atoms with Crippen LogP contribution in [-0.4, -0.2) is 59.7 Å². The summed E-state index contributed by atoms with van der Waals surface area (Å²) < 4.78 is 0. The fourth-order valence-electron chi connectivity index (χ4n) is 3.89. The molecule has 2 aliphatic rings. The van der Waals surface area contributed by atoms with E-state index in [0.29, 0.717) is 11.3 Å². The van der Waals surface area contributed by atoms with Crippen LogP contribution in [0, 0.1) is 0 Å². The molecule has 0 bridgehead atoms. The third kappa shape index (κ3) is 3.25. The third-order valence-electron chi connectivity index (χ3n) is 5.22. The molecule has 0 radical (unpaired) electrons. The van der Waals surface area contributed by atoms with E-state index in [9.17, 15) is 14.4 Å². The molecule has 0 N–H and O–H groups in total. The van der Waals surface area contributed by atoms with Crippen molar-refractivity contribution in [3.63, 3.8) is 0 Å². The first-order valence-electron chi connectivity index (χ1n) is 8.86. The van der Waals surface area contributed by atoms with E-state index in [1.54, 1.807) is 31.3 Å². The van der Waals surface area contributed by atoms with E-state index in [-0.39, 0.29) is 42.9 Å². The Bertz CT molecular complexity index is 693. The van der Waals surface area contributed by atoms with E-state index in [4.69, 9.17) is 0 Å². The van der Waals surface area contributed by atoms with E-state index >= 15 is 0 Å². The highest BCUT2D eigenvalue weighted by Crippen LogP contribution is 2.27. The number of nitrogens with zero attached hydrogens (tertiary/aromatic N) is 3. The molecule has 25 heavy (non-hydrogen) atoms. The molecule has 3 rings (SSSR count). The number of hydrogen-bond donors (Lipinski definition) is 0. The van der Waals surface area contributed by atoms with Crippen molar-refractivity contribution >= 4 is 23.4 Å².